The lowest BCUT2D eigenvalue weighted by Gasteiger charge is -2.49. The van der Waals surface area contributed by atoms with E-state index in [1.165, 1.54) is 51.4 Å². The minimum atomic E-state index is -1.44. The van der Waals surface area contributed by atoms with Gasteiger partial charge in [0.05, 0.1) is 8.07 Å². The van der Waals surface area contributed by atoms with Crippen LogP contribution in [0.3, 0.4) is 0 Å². The molecule has 0 bridgehead atoms. The van der Waals surface area contributed by atoms with Crippen molar-refractivity contribution in [3.8, 4) is 0 Å². The van der Waals surface area contributed by atoms with Gasteiger partial charge in [-0.05, 0) is 95.2 Å². The number of benzene rings is 2. The summed E-state index contributed by atoms with van der Waals surface area (Å²) in [5.41, 5.74) is 5.34. The minimum absolute atomic E-state index is 0.818. The zero-order valence-corrected chi connectivity index (χ0v) is 23.7. The topological polar surface area (TPSA) is 0 Å². The van der Waals surface area contributed by atoms with Gasteiger partial charge in [0.2, 0.25) is 0 Å². The van der Waals surface area contributed by atoms with Crippen LogP contribution in [0, 0.1) is 35.5 Å². The summed E-state index contributed by atoms with van der Waals surface area (Å²) in [6, 6.07) is 23.2. The molecule has 188 valence electrons. The fraction of sp³-hybridized carbons (Fsp3) is 0.647. The van der Waals surface area contributed by atoms with Crippen LogP contribution in [0.1, 0.15) is 88.2 Å². The zero-order chi connectivity index (χ0) is 24.2. The third kappa shape index (κ3) is 4.09. The molecule has 0 heterocycles. The molecular weight excluding hydrogens is 436 g/mol. The lowest BCUT2D eigenvalue weighted by molar-refractivity contribution is 0.226. The Kier molecular flexibility index (Phi) is 6.53. The van der Waals surface area contributed by atoms with E-state index in [-0.39, 0.29) is 0 Å². The Hall–Kier alpha value is -1.34. The molecule has 0 nitrogen and oxygen atoms in total. The molecule has 2 aromatic rings. The Morgan fingerprint density at radius 1 is 0.543 bits per heavy atom. The molecule has 35 heavy (non-hydrogen) atoms. The molecule has 4 saturated carbocycles. The third-order valence-corrected chi connectivity index (χ3v) is 17.3. The molecule has 4 aliphatic rings. The van der Waals surface area contributed by atoms with Crippen LogP contribution in [0.25, 0.3) is 0 Å². The van der Waals surface area contributed by atoms with Gasteiger partial charge in [-0.25, -0.2) is 0 Å². The lowest BCUT2D eigenvalue weighted by atomic mass is 9.71. The standard InChI is InChI=1S/C34H48Si/c1-23-21-31-27(25-13-7-5-8-14-25)17-11-19-29(31)33(23)35(3,4)34-24(2)22-32-28(18-12-20-30(32)34)26-15-9-6-10-16-26/h5-10,13-16,23-24,27-34H,11-12,17-22H2,1-4H3. The average Bonchev–Trinajstić information content (AvgIpc) is 3.41. The summed E-state index contributed by atoms with van der Waals surface area (Å²) in [7, 11) is -1.44. The fourth-order valence-corrected chi connectivity index (χ4v) is 17.9. The van der Waals surface area contributed by atoms with Crippen LogP contribution in [0.15, 0.2) is 60.7 Å². The maximum Gasteiger partial charge on any atom is 0.0546 e. The van der Waals surface area contributed by atoms with Crippen LogP contribution < -0.4 is 0 Å². The molecule has 0 aromatic heterocycles. The van der Waals surface area contributed by atoms with Crippen molar-refractivity contribution in [3.63, 3.8) is 0 Å². The van der Waals surface area contributed by atoms with E-state index in [9.17, 15) is 0 Å². The first-order valence-electron chi connectivity index (χ1n) is 15.1. The summed E-state index contributed by atoms with van der Waals surface area (Å²) in [4.78, 5) is 0. The van der Waals surface area contributed by atoms with Crippen molar-refractivity contribution in [2.24, 2.45) is 35.5 Å². The normalized spacial score (nSPS) is 41.4. The largest absolute Gasteiger partial charge is 0.0689 e. The Labute approximate surface area is 216 Å². The molecule has 1 heteroatoms. The molecule has 0 radical (unpaired) electrons. The van der Waals surface area contributed by atoms with E-state index in [2.05, 4.69) is 87.6 Å². The molecule has 4 fully saturated rings. The van der Waals surface area contributed by atoms with E-state index in [1.54, 1.807) is 11.1 Å². The summed E-state index contributed by atoms with van der Waals surface area (Å²) in [5, 5.41) is 0. The molecule has 4 aliphatic carbocycles. The van der Waals surface area contributed by atoms with Crippen molar-refractivity contribution >= 4 is 8.07 Å². The second kappa shape index (κ2) is 9.51. The first-order valence-corrected chi connectivity index (χ1v) is 18.2. The molecule has 0 amide bonds. The van der Waals surface area contributed by atoms with E-state index in [4.69, 9.17) is 0 Å². The van der Waals surface area contributed by atoms with Crippen LogP contribution in [0.4, 0.5) is 0 Å². The zero-order valence-electron chi connectivity index (χ0n) is 22.7. The Balaban J connectivity index is 1.28. The predicted octanol–water partition coefficient (Wildman–Crippen LogP) is 9.91. The van der Waals surface area contributed by atoms with E-state index in [1.807, 2.05) is 0 Å². The highest BCUT2D eigenvalue weighted by atomic mass is 28.3. The summed E-state index contributed by atoms with van der Waals surface area (Å²) in [5.74, 6) is 7.35. The van der Waals surface area contributed by atoms with Crippen molar-refractivity contribution in [1.82, 2.24) is 0 Å². The minimum Gasteiger partial charge on any atom is -0.0689 e. The molecule has 0 spiro atoms. The van der Waals surface area contributed by atoms with Gasteiger partial charge in [-0.2, -0.15) is 0 Å². The Morgan fingerprint density at radius 3 is 1.34 bits per heavy atom. The predicted molar refractivity (Wildman–Crippen MR) is 153 cm³/mol. The Bertz CT molecular complexity index is 901. The molecule has 0 aliphatic heterocycles. The van der Waals surface area contributed by atoms with E-state index in [0.717, 1.165) is 58.4 Å². The molecule has 0 saturated heterocycles. The maximum atomic E-state index is 2.87. The second-order valence-corrected chi connectivity index (χ2v) is 18.8. The van der Waals surface area contributed by atoms with Gasteiger partial charge in [0, 0.05) is 0 Å². The highest BCUT2D eigenvalue weighted by Crippen LogP contribution is 2.67. The summed E-state index contributed by atoms with van der Waals surface area (Å²) >= 11 is 0. The first kappa shape index (κ1) is 24.0. The van der Waals surface area contributed by atoms with Gasteiger partial charge in [0.25, 0.3) is 0 Å². The monoisotopic (exact) mass is 484 g/mol. The molecule has 2 aromatic carbocycles. The van der Waals surface area contributed by atoms with E-state index in [0.29, 0.717) is 0 Å². The molecule has 10 atom stereocenters. The number of hydrogen-bond acceptors (Lipinski definition) is 0. The number of fused-ring (bicyclic) bond motifs is 2. The van der Waals surface area contributed by atoms with Crippen LogP contribution in [0.5, 0.6) is 0 Å². The Morgan fingerprint density at radius 2 is 0.943 bits per heavy atom. The van der Waals surface area contributed by atoms with Gasteiger partial charge >= 0.3 is 0 Å². The van der Waals surface area contributed by atoms with Crippen LogP contribution in [-0.2, 0) is 0 Å². The summed E-state index contributed by atoms with van der Waals surface area (Å²) in [6.07, 6.45) is 11.8. The molecular formula is C34H48Si. The summed E-state index contributed by atoms with van der Waals surface area (Å²) in [6.45, 7) is 11.1. The SMILES string of the molecule is CC1CC2C(c3ccccc3)CCCC2C1[Si](C)(C)C1C(C)CC2C(c3ccccc3)CCCC21. The van der Waals surface area contributed by atoms with Crippen LogP contribution >= 0.6 is 0 Å². The second-order valence-electron chi connectivity index (χ2n) is 13.9. The molecule has 10 unspecified atom stereocenters. The van der Waals surface area contributed by atoms with Crippen molar-refractivity contribution < 1.29 is 0 Å². The quantitative estimate of drug-likeness (QED) is 0.379. The van der Waals surface area contributed by atoms with Gasteiger partial charge in [0.1, 0.15) is 0 Å². The van der Waals surface area contributed by atoms with Crippen LogP contribution in [-0.4, -0.2) is 8.07 Å². The van der Waals surface area contributed by atoms with Gasteiger partial charge in [-0.3, -0.25) is 0 Å². The molecule has 0 N–H and O–H groups in total. The number of rotatable bonds is 4. The van der Waals surface area contributed by atoms with Gasteiger partial charge in [-0.15, -0.1) is 0 Å². The van der Waals surface area contributed by atoms with Gasteiger partial charge in [0.15, 0.2) is 0 Å². The first-order chi connectivity index (χ1) is 17.0. The van der Waals surface area contributed by atoms with Gasteiger partial charge < -0.3 is 0 Å². The highest BCUT2D eigenvalue weighted by molar-refractivity contribution is 6.80. The van der Waals surface area contributed by atoms with Crippen LogP contribution in [0.2, 0.25) is 24.2 Å². The third-order valence-electron chi connectivity index (χ3n) is 11.8. The van der Waals surface area contributed by atoms with Crippen molar-refractivity contribution in [2.45, 2.75) is 101 Å². The van der Waals surface area contributed by atoms with E-state index >= 15 is 0 Å². The summed E-state index contributed by atoms with van der Waals surface area (Å²) < 4.78 is 0. The smallest absolute Gasteiger partial charge is 0.0546 e. The highest BCUT2D eigenvalue weighted by Gasteiger charge is 2.59. The lowest BCUT2D eigenvalue weighted by Crippen LogP contribution is -2.47. The van der Waals surface area contributed by atoms with Crippen molar-refractivity contribution in [3.05, 3.63) is 71.8 Å². The van der Waals surface area contributed by atoms with Crippen molar-refractivity contribution in [1.29, 1.82) is 0 Å². The van der Waals surface area contributed by atoms with E-state index < -0.39 is 8.07 Å². The average molecular weight is 485 g/mol. The fourth-order valence-electron chi connectivity index (χ4n) is 11.2. The van der Waals surface area contributed by atoms with Crippen molar-refractivity contribution in [2.75, 3.05) is 0 Å². The maximum absolute atomic E-state index is 2.87. The molecule has 6 rings (SSSR count). The number of hydrogen-bond donors (Lipinski definition) is 0. The van der Waals surface area contributed by atoms with Gasteiger partial charge in [-0.1, -0.05) is 113 Å².